The maximum atomic E-state index is 12.3. The molecule has 1 aromatic heterocycles. The number of alkyl halides is 3. The first-order valence-corrected chi connectivity index (χ1v) is 8.30. The Morgan fingerprint density at radius 1 is 1.18 bits per heavy atom. The molecule has 0 spiro atoms. The van der Waals surface area contributed by atoms with Gasteiger partial charge in [-0.2, -0.15) is 13.2 Å². The fourth-order valence-electron chi connectivity index (χ4n) is 2.41. The number of carbonyl (C=O) groups is 2. The van der Waals surface area contributed by atoms with E-state index < -0.39 is 18.1 Å². The summed E-state index contributed by atoms with van der Waals surface area (Å²) in [7, 11) is 0. The van der Waals surface area contributed by atoms with Gasteiger partial charge in [0.2, 0.25) is 0 Å². The smallest absolute Gasteiger partial charge is 0.349 e. The van der Waals surface area contributed by atoms with Crippen LogP contribution in [0, 0.1) is 0 Å². The van der Waals surface area contributed by atoms with Gasteiger partial charge in [-0.3, -0.25) is 9.59 Å². The summed E-state index contributed by atoms with van der Waals surface area (Å²) in [5, 5.41) is 4.79. The number of carbonyl (C=O) groups excluding carboxylic acids is 2. The van der Waals surface area contributed by atoms with Crippen molar-refractivity contribution in [1.29, 1.82) is 0 Å². The standard InChI is InChI=1S/C13H14BrF3N2O2S/c14-10-5-4-9(22-10)11(20)18-7-2-1-3-8(6-7)19-12(21)13(15,16)17/h4-5,7-8H,1-3,6H2,(H,18,20)(H,19,21). The summed E-state index contributed by atoms with van der Waals surface area (Å²) in [6.07, 6.45) is -2.74. The van der Waals surface area contributed by atoms with Crippen LogP contribution in [0.3, 0.4) is 0 Å². The van der Waals surface area contributed by atoms with Gasteiger partial charge < -0.3 is 10.6 Å². The van der Waals surface area contributed by atoms with Crippen LogP contribution in [0.5, 0.6) is 0 Å². The molecule has 4 nitrogen and oxygen atoms in total. The van der Waals surface area contributed by atoms with Gasteiger partial charge in [0, 0.05) is 12.1 Å². The van der Waals surface area contributed by atoms with Gasteiger partial charge in [-0.05, 0) is 53.7 Å². The molecular formula is C13H14BrF3N2O2S. The van der Waals surface area contributed by atoms with Crippen molar-refractivity contribution in [3.63, 3.8) is 0 Å². The normalized spacial score (nSPS) is 22.2. The second-order valence-electron chi connectivity index (χ2n) is 5.11. The van der Waals surface area contributed by atoms with Gasteiger partial charge in [0.1, 0.15) is 0 Å². The van der Waals surface area contributed by atoms with E-state index in [-0.39, 0.29) is 11.9 Å². The topological polar surface area (TPSA) is 58.2 Å². The molecule has 2 atom stereocenters. The van der Waals surface area contributed by atoms with Crippen molar-refractivity contribution in [2.75, 3.05) is 0 Å². The SMILES string of the molecule is O=C(NC1CCCC(NC(=O)C(F)(F)F)C1)c1ccc(Br)s1. The molecule has 0 aromatic carbocycles. The van der Waals surface area contributed by atoms with Crippen LogP contribution in [0.25, 0.3) is 0 Å². The molecule has 2 rings (SSSR count). The van der Waals surface area contributed by atoms with E-state index in [0.717, 1.165) is 3.79 Å². The highest BCUT2D eigenvalue weighted by molar-refractivity contribution is 9.11. The second-order valence-corrected chi connectivity index (χ2v) is 7.57. The minimum Gasteiger partial charge on any atom is -0.349 e. The molecule has 2 amide bonds. The molecule has 0 aliphatic heterocycles. The van der Waals surface area contributed by atoms with E-state index in [1.54, 1.807) is 12.1 Å². The van der Waals surface area contributed by atoms with Gasteiger partial charge in [-0.1, -0.05) is 0 Å². The Morgan fingerprint density at radius 3 is 2.36 bits per heavy atom. The highest BCUT2D eigenvalue weighted by Crippen LogP contribution is 2.24. The number of nitrogens with one attached hydrogen (secondary N) is 2. The Bertz CT molecular complexity index is 562. The van der Waals surface area contributed by atoms with Gasteiger partial charge in [-0.25, -0.2) is 0 Å². The minimum absolute atomic E-state index is 0.236. The van der Waals surface area contributed by atoms with Crippen molar-refractivity contribution in [2.24, 2.45) is 0 Å². The summed E-state index contributed by atoms with van der Waals surface area (Å²) >= 11 is 4.55. The van der Waals surface area contributed by atoms with Gasteiger partial charge in [-0.15, -0.1) is 11.3 Å². The second kappa shape index (κ2) is 6.99. The maximum Gasteiger partial charge on any atom is 0.471 e. The van der Waals surface area contributed by atoms with Crippen molar-refractivity contribution < 1.29 is 22.8 Å². The summed E-state index contributed by atoms with van der Waals surface area (Å²) in [6.45, 7) is 0. The number of hydrogen-bond donors (Lipinski definition) is 2. The Balaban J connectivity index is 1.88. The zero-order valence-electron chi connectivity index (χ0n) is 11.4. The maximum absolute atomic E-state index is 12.3. The molecule has 0 radical (unpaired) electrons. The monoisotopic (exact) mass is 398 g/mol. The summed E-state index contributed by atoms with van der Waals surface area (Å²) in [5.41, 5.74) is 0. The van der Waals surface area contributed by atoms with Crippen LogP contribution >= 0.6 is 27.3 Å². The van der Waals surface area contributed by atoms with Crippen LogP contribution in [-0.4, -0.2) is 30.1 Å². The first-order chi connectivity index (χ1) is 10.3. The molecule has 9 heteroatoms. The van der Waals surface area contributed by atoms with E-state index >= 15 is 0 Å². The molecule has 0 bridgehead atoms. The Hall–Kier alpha value is -1.09. The fourth-order valence-corrected chi connectivity index (χ4v) is 3.70. The summed E-state index contributed by atoms with van der Waals surface area (Å²) < 4.78 is 37.6. The van der Waals surface area contributed by atoms with E-state index in [2.05, 4.69) is 21.2 Å². The van der Waals surface area contributed by atoms with Crippen molar-refractivity contribution >= 4 is 39.1 Å². The van der Waals surface area contributed by atoms with Crippen molar-refractivity contribution in [2.45, 2.75) is 43.9 Å². The Labute approximate surface area is 137 Å². The van der Waals surface area contributed by atoms with Crippen molar-refractivity contribution in [3.05, 3.63) is 20.8 Å². The molecule has 2 unspecified atom stereocenters. The first-order valence-electron chi connectivity index (χ1n) is 6.69. The molecule has 1 aliphatic carbocycles. The lowest BCUT2D eigenvalue weighted by Gasteiger charge is -2.30. The van der Waals surface area contributed by atoms with Gasteiger partial charge in [0.25, 0.3) is 5.91 Å². The van der Waals surface area contributed by atoms with E-state index in [1.165, 1.54) is 11.3 Å². The van der Waals surface area contributed by atoms with E-state index in [9.17, 15) is 22.8 Å². The lowest BCUT2D eigenvalue weighted by Crippen LogP contribution is -2.48. The van der Waals surface area contributed by atoms with Crippen LogP contribution in [0.2, 0.25) is 0 Å². The lowest BCUT2D eigenvalue weighted by molar-refractivity contribution is -0.174. The van der Waals surface area contributed by atoms with E-state index in [0.29, 0.717) is 30.6 Å². The predicted molar refractivity (Wildman–Crippen MR) is 79.7 cm³/mol. The van der Waals surface area contributed by atoms with Crippen molar-refractivity contribution in [1.82, 2.24) is 10.6 Å². The molecule has 1 heterocycles. The van der Waals surface area contributed by atoms with E-state index in [1.807, 2.05) is 5.32 Å². The predicted octanol–water partition coefficient (Wildman–Crippen LogP) is 3.23. The highest BCUT2D eigenvalue weighted by Gasteiger charge is 2.40. The van der Waals surface area contributed by atoms with Crippen molar-refractivity contribution in [3.8, 4) is 0 Å². The van der Waals surface area contributed by atoms with Crippen LogP contribution < -0.4 is 10.6 Å². The van der Waals surface area contributed by atoms with Crippen LogP contribution in [0.1, 0.15) is 35.4 Å². The number of amides is 2. The summed E-state index contributed by atoms with van der Waals surface area (Å²) in [5.74, 6) is -2.17. The molecular weight excluding hydrogens is 385 g/mol. The average molecular weight is 399 g/mol. The molecule has 0 saturated heterocycles. The molecule has 2 N–H and O–H groups in total. The fraction of sp³-hybridized carbons (Fsp3) is 0.538. The number of halogens is 4. The first kappa shape index (κ1) is 17.3. The summed E-state index contributed by atoms with van der Waals surface area (Å²) in [4.78, 5) is 23.5. The largest absolute Gasteiger partial charge is 0.471 e. The third-order valence-corrected chi connectivity index (χ3v) is 5.02. The quantitative estimate of drug-likeness (QED) is 0.820. The minimum atomic E-state index is -4.88. The van der Waals surface area contributed by atoms with Gasteiger partial charge in [0.05, 0.1) is 8.66 Å². The molecule has 122 valence electrons. The lowest BCUT2D eigenvalue weighted by atomic mass is 9.91. The number of hydrogen-bond acceptors (Lipinski definition) is 3. The van der Waals surface area contributed by atoms with E-state index in [4.69, 9.17) is 0 Å². The van der Waals surface area contributed by atoms with Gasteiger partial charge >= 0.3 is 12.1 Å². The van der Waals surface area contributed by atoms with Crippen LogP contribution in [0.4, 0.5) is 13.2 Å². The highest BCUT2D eigenvalue weighted by atomic mass is 79.9. The van der Waals surface area contributed by atoms with Gasteiger partial charge in [0.15, 0.2) is 0 Å². The number of thiophene rings is 1. The average Bonchev–Trinajstić information content (AvgIpc) is 2.85. The third-order valence-electron chi connectivity index (χ3n) is 3.40. The molecule has 1 aliphatic rings. The molecule has 22 heavy (non-hydrogen) atoms. The Morgan fingerprint density at radius 2 is 1.82 bits per heavy atom. The Kier molecular flexibility index (Phi) is 5.49. The molecule has 1 fully saturated rings. The zero-order valence-corrected chi connectivity index (χ0v) is 13.8. The zero-order chi connectivity index (χ0) is 16.3. The molecule has 1 saturated carbocycles. The molecule has 1 aromatic rings. The van der Waals surface area contributed by atoms with Crippen LogP contribution in [-0.2, 0) is 4.79 Å². The van der Waals surface area contributed by atoms with Crippen LogP contribution in [0.15, 0.2) is 15.9 Å². The third kappa shape index (κ3) is 4.70. The summed E-state index contributed by atoms with van der Waals surface area (Å²) in [6, 6.07) is 2.63. The number of rotatable bonds is 3.